The maximum Gasteiger partial charge on any atom is 0.131 e. The van der Waals surface area contributed by atoms with E-state index in [4.69, 9.17) is 16.3 Å². The van der Waals surface area contributed by atoms with Gasteiger partial charge in [0.15, 0.2) is 0 Å². The van der Waals surface area contributed by atoms with E-state index in [-0.39, 0.29) is 0 Å². The average molecular weight is 340 g/mol. The Labute approximate surface area is 145 Å². The van der Waals surface area contributed by atoms with Crippen LogP contribution >= 0.6 is 11.6 Å². The molecule has 1 aliphatic carbocycles. The molecule has 3 rings (SSSR count). The Morgan fingerprint density at radius 3 is 2.70 bits per heavy atom. The van der Waals surface area contributed by atoms with Crippen LogP contribution in [0.4, 0.5) is 0 Å². The number of unbranched alkanes of at least 4 members (excludes halogenated alkanes) is 1. The maximum absolute atomic E-state index is 6.49. The lowest BCUT2D eigenvalue weighted by atomic mass is 10.1. The van der Waals surface area contributed by atoms with Crippen LogP contribution in [-0.2, 0) is 24.8 Å². The van der Waals surface area contributed by atoms with E-state index in [1.807, 2.05) is 11.7 Å². The molecule has 2 heterocycles. The molecule has 23 heavy (non-hydrogen) atoms. The van der Waals surface area contributed by atoms with Gasteiger partial charge in [-0.25, -0.2) is 0 Å². The fourth-order valence-electron chi connectivity index (χ4n) is 3.66. The van der Waals surface area contributed by atoms with Crippen molar-refractivity contribution >= 4 is 11.6 Å². The maximum atomic E-state index is 6.49. The second kappa shape index (κ2) is 7.54. The van der Waals surface area contributed by atoms with Crippen LogP contribution in [0.1, 0.15) is 57.2 Å². The number of halogens is 1. The summed E-state index contributed by atoms with van der Waals surface area (Å²) in [6, 6.07) is 0. The summed E-state index contributed by atoms with van der Waals surface area (Å²) in [5, 5.41) is 5.35. The number of aromatic nitrogens is 2. The summed E-state index contributed by atoms with van der Waals surface area (Å²) in [5.74, 6) is 0.789. The molecule has 5 heteroatoms. The molecule has 1 aromatic heterocycles. The van der Waals surface area contributed by atoms with Crippen LogP contribution in [0.3, 0.4) is 0 Å². The first-order valence-electron chi connectivity index (χ1n) is 9.20. The lowest BCUT2D eigenvalue weighted by molar-refractivity contribution is -0.0993. The monoisotopic (exact) mass is 339 g/mol. The van der Waals surface area contributed by atoms with Crippen molar-refractivity contribution in [2.75, 3.05) is 13.1 Å². The summed E-state index contributed by atoms with van der Waals surface area (Å²) in [6.45, 7) is 7.38. The molecule has 1 saturated heterocycles. The van der Waals surface area contributed by atoms with Crippen molar-refractivity contribution in [1.82, 2.24) is 14.7 Å². The highest BCUT2D eigenvalue weighted by Crippen LogP contribution is 2.37. The minimum atomic E-state index is 0.384. The molecular weight excluding hydrogens is 310 g/mol. The van der Waals surface area contributed by atoms with Crippen LogP contribution in [-0.4, -0.2) is 40.0 Å². The van der Waals surface area contributed by atoms with Gasteiger partial charge >= 0.3 is 0 Å². The third kappa shape index (κ3) is 4.09. The van der Waals surface area contributed by atoms with Crippen LogP contribution in [0.2, 0.25) is 5.15 Å². The number of ether oxygens (including phenoxy) is 1. The summed E-state index contributed by atoms with van der Waals surface area (Å²) < 4.78 is 8.19. The number of rotatable bonds is 7. The van der Waals surface area contributed by atoms with Gasteiger partial charge in [0.1, 0.15) is 5.15 Å². The van der Waals surface area contributed by atoms with Gasteiger partial charge < -0.3 is 4.74 Å². The van der Waals surface area contributed by atoms with Gasteiger partial charge in [-0.2, -0.15) is 5.10 Å². The van der Waals surface area contributed by atoms with E-state index >= 15 is 0 Å². The Bertz CT molecular complexity index is 527. The van der Waals surface area contributed by atoms with Crippen LogP contribution in [0.15, 0.2) is 0 Å². The lowest BCUT2D eigenvalue weighted by Crippen LogP contribution is -2.48. The fraction of sp³-hybridized carbons (Fsp3) is 0.833. The van der Waals surface area contributed by atoms with Gasteiger partial charge in [0, 0.05) is 32.2 Å². The van der Waals surface area contributed by atoms with E-state index in [0.29, 0.717) is 12.2 Å². The zero-order chi connectivity index (χ0) is 16.4. The van der Waals surface area contributed by atoms with E-state index in [1.165, 1.54) is 37.7 Å². The molecule has 2 atom stereocenters. The summed E-state index contributed by atoms with van der Waals surface area (Å²) in [7, 11) is 1.93. The van der Waals surface area contributed by atoms with Gasteiger partial charge in [-0.3, -0.25) is 9.58 Å². The normalized spacial score (nSPS) is 25.9. The standard InChI is InChI=1S/C18H30ClN3O/c1-4-6-7-14-10-22(12-17(23-14)13-8-9-13)11-15-16(5-2)20-21(3)18(15)19/h13-14,17H,4-12H2,1-3H3/t14-,17-/m1/s1. The molecule has 0 N–H and O–H groups in total. The van der Waals surface area contributed by atoms with Crippen molar-refractivity contribution in [3.05, 3.63) is 16.4 Å². The van der Waals surface area contributed by atoms with Crippen molar-refractivity contribution in [3.8, 4) is 0 Å². The summed E-state index contributed by atoms with van der Waals surface area (Å²) in [4.78, 5) is 2.55. The van der Waals surface area contributed by atoms with E-state index in [0.717, 1.165) is 42.8 Å². The lowest BCUT2D eigenvalue weighted by Gasteiger charge is -2.38. The minimum absolute atomic E-state index is 0.384. The second-order valence-electron chi connectivity index (χ2n) is 7.16. The van der Waals surface area contributed by atoms with Gasteiger partial charge in [-0.05, 0) is 31.6 Å². The number of nitrogens with zero attached hydrogens (tertiary/aromatic N) is 3. The van der Waals surface area contributed by atoms with Gasteiger partial charge in [0.2, 0.25) is 0 Å². The van der Waals surface area contributed by atoms with Gasteiger partial charge in [0.05, 0.1) is 17.9 Å². The van der Waals surface area contributed by atoms with Gasteiger partial charge in [-0.1, -0.05) is 38.3 Å². The number of hydrogen-bond donors (Lipinski definition) is 0. The molecule has 0 amide bonds. The molecule has 1 aromatic rings. The first-order chi connectivity index (χ1) is 11.1. The molecule has 0 unspecified atom stereocenters. The molecular formula is C18H30ClN3O. The van der Waals surface area contributed by atoms with Crippen LogP contribution in [0.5, 0.6) is 0 Å². The molecule has 0 aromatic carbocycles. The van der Waals surface area contributed by atoms with Crippen molar-refractivity contribution < 1.29 is 4.74 Å². The zero-order valence-corrected chi connectivity index (χ0v) is 15.5. The molecule has 2 aliphatic rings. The highest BCUT2D eigenvalue weighted by atomic mass is 35.5. The zero-order valence-electron chi connectivity index (χ0n) is 14.7. The molecule has 2 fully saturated rings. The third-order valence-corrected chi connectivity index (χ3v) is 5.64. The van der Waals surface area contributed by atoms with Crippen molar-refractivity contribution in [2.45, 2.75) is 71.1 Å². The van der Waals surface area contributed by atoms with E-state index < -0.39 is 0 Å². The highest BCUT2D eigenvalue weighted by molar-refractivity contribution is 6.30. The van der Waals surface area contributed by atoms with Gasteiger partial charge in [0.25, 0.3) is 0 Å². The third-order valence-electron chi connectivity index (χ3n) is 5.16. The first kappa shape index (κ1) is 17.2. The largest absolute Gasteiger partial charge is 0.372 e. The summed E-state index contributed by atoms with van der Waals surface area (Å²) in [6.07, 6.45) is 8.09. The fourth-order valence-corrected chi connectivity index (χ4v) is 3.87. The Morgan fingerprint density at radius 2 is 2.04 bits per heavy atom. The molecule has 0 bridgehead atoms. The number of morpholine rings is 1. The molecule has 1 aliphatic heterocycles. The van der Waals surface area contributed by atoms with Crippen LogP contribution in [0, 0.1) is 5.92 Å². The molecule has 130 valence electrons. The Hall–Kier alpha value is -0.580. The Kier molecular flexibility index (Phi) is 5.65. The first-order valence-corrected chi connectivity index (χ1v) is 9.58. The predicted octanol–water partition coefficient (Wildman–Crippen LogP) is 3.81. The Morgan fingerprint density at radius 1 is 1.26 bits per heavy atom. The van der Waals surface area contributed by atoms with Crippen molar-refractivity contribution in [3.63, 3.8) is 0 Å². The van der Waals surface area contributed by atoms with E-state index in [9.17, 15) is 0 Å². The van der Waals surface area contributed by atoms with Crippen LogP contribution < -0.4 is 0 Å². The highest BCUT2D eigenvalue weighted by Gasteiger charge is 2.38. The predicted molar refractivity (Wildman–Crippen MR) is 93.8 cm³/mol. The quantitative estimate of drug-likeness (QED) is 0.756. The number of aryl methyl sites for hydroxylation is 2. The molecule has 4 nitrogen and oxygen atoms in total. The number of hydrogen-bond acceptors (Lipinski definition) is 3. The molecule has 1 saturated carbocycles. The van der Waals surface area contributed by atoms with Crippen molar-refractivity contribution in [1.29, 1.82) is 0 Å². The average Bonchev–Trinajstić information content (AvgIpc) is 3.36. The van der Waals surface area contributed by atoms with Crippen LogP contribution in [0.25, 0.3) is 0 Å². The second-order valence-corrected chi connectivity index (χ2v) is 7.52. The topological polar surface area (TPSA) is 30.3 Å². The molecule has 0 spiro atoms. The summed E-state index contributed by atoms with van der Waals surface area (Å²) >= 11 is 6.49. The van der Waals surface area contributed by atoms with Gasteiger partial charge in [-0.15, -0.1) is 0 Å². The van der Waals surface area contributed by atoms with E-state index in [1.54, 1.807) is 0 Å². The van der Waals surface area contributed by atoms with Crippen molar-refractivity contribution in [2.24, 2.45) is 13.0 Å². The summed E-state index contributed by atoms with van der Waals surface area (Å²) in [5.41, 5.74) is 2.35. The van der Waals surface area contributed by atoms with E-state index in [2.05, 4.69) is 23.8 Å². The minimum Gasteiger partial charge on any atom is -0.372 e. The SMILES string of the molecule is CCCC[C@@H]1CN(Cc2c(CC)nn(C)c2Cl)C[C@H](C2CC2)O1. The smallest absolute Gasteiger partial charge is 0.131 e. The Balaban J connectivity index is 1.70. The molecule has 0 radical (unpaired) electrons.